The quantitative estimate of drug-likeness (QED) is 0.252. The van der Waals surface area contributed by atoms with E-state index in [0.717, 1.165) is 22.2 Å². The summed E-state index contributed by atoms with van der Waals surface area (Å²) in [7, 11) is 0. The molecule has 1 fully saturated rings. The van der Waals surface area contributed by atoms with E-state index in [1.807, 2.05) is 24.3 Å². The van der Waals surface area contributed by atoms with Crippen LogP contribution in [0.3, 0.4) is 0 Å². The van der Waals surface area contributed by atoms with Crippen molar-refractivity contribution in [3.05, 3.63) is 35.5 Å². The van der Waals surface area contributed by atoms with E-state index in [1.165, 1.54) is 11.8 Å². The number of rotatable bonds is 5. The largest absolute Gasteiger partial charge is 0.444 e. The summed E-state index contributed by atoms with van der Waals surface area (Å²) in [5.41, 5.74) is 1.63. The Bertz CT molecular complexity index is 1230. The molecule has 1 unspecified atom stereocenters. The van der Waals surface area contributed by atoms with E-state index in [2.05, 4.69) is 15.6 Å². The highest BCUT2D eigenvalue weighted by molar-refractivity contribution is 5.94. The monoisotopic (exact) mass is 548 g/mol. The van der Waals surface area contributed by atoms with Crippen molar-refractivity contribution in [2.45, 2.75) is 89.0 Å². The molecule has 0 spiro atoms. The van der Waals surface area contributed by atoms with Gasteiger partial charge in [-0.3, -0.25) is 9.59 Å². The minimum atomic E-state index is -1.71. The van der Waals surface area contributed by atoms with Crippen LogP contribution in [0.4, 0.5) is 4.79 Å². The molecule has 7 atom stereocenters. The summed E-state index contributed by atoms with van der Waals surface area (Å²) in [6.45, 7) is 5.95. The number of ether oxygens (including phenoxy) is 2. The van der Waals surface area contributed by atoms with Gasteiger partial charge in [0.2, 0.25) is 11.8 Å². The molecule has 3 heterocycles. The minimum Gasteiger partial charge on any atom is -0.444 e. The second-order valence-electron chi connectivity index (χ2n) is 10.9. The van der Waals surface area contributed by atoms with Crippen LogP contribution in [0.15, 0.2) is 24.3 Å². The van der Waals surface area contributed by atoms with Gasteiger partial charge in [-0.15, -0.1) is 0 Å². The van der Waals surface area contributed by atoms with Crippen molar-refractivity contribution in [1.82, 2.24) is 20.5 Å². The topological polar surface area (TPSA) is 194 Å². The van der Waals surface area contributed by atoms with E-state index in [-0.39, 0.29) is 13.0 Å². The van der Waals surface area contributed by atoms with E-state index in [0.29, 0.717) is 0 Å². The van der Waals surface area contributed by atoms with Crippen LogP contribution >= 0.6 is 0 Å². The molecular formula is C26H36N4O9. The number of fused-ring (bicyclic) bond motifs is 3. The number of hydrogen-bond donors (Lipinski definition) is 7. The van der Waals surface area contributed by atoms with Crippen molar-refractivity contribution < 1.29 is 44.3 Å². The first-order valence-electron chi connectivity index (χ1n) is 12.8. The summed E-state index contributed by atoms with van der Waals surface area (Å²) in [5, 5.41) is 46.3. The average molecular weight is 549 g/mol. The van der Waals surface area contributed by atoms with Gasteiger partial charge in [0.25, 0.3) is 0 Å². The Hall–Kier alpha value is -3.23. The van der Waals surface area contributed by atoms with Crippen LogP contribution in [-0.2, 0) is 32.0 Å². The van der Waals surface area contributed by atoms with Gasteiger partial charge in [-0.1, -0.05) is 18.2 Å². The van der Waals surface area contributed by atoms with Crippen molar-refractivity contribution in [1.29, 1.82) is 0 Å². The molecule has 3 amide bonds. The number of hydrogen-bond acceptors (Lipinski definition) is 9. The lowest BCUT2D eigenvalue weighted by molar-refractivity contribution is -0.254. The molecule has 1 aromatic heterocycles. The highest BCUT2D eigenvalue weighted by atomic mass is 16.6. The number of alkyl carbamates (subject to hydrolysis) is 1. The molecule has 0 saturated carbocycles. The lowest BCUT2D eigenvalue weighted by Crippen LogP contribution is -2.66. The molecule has 1 aromatic carbocycles. The summed E-state index contributed by atoms with van der Waals surface area (Å²) in [5.74, 6) is -1.25. The molecule has 7 N–H and O–H groups in total. The summed E-state index contributed by atoms with van der Waals surface area (Å²) < 4.78 is 10.4. The Labute approximate surface area is 225 Å². The van der Waals surface area contributed by atoms with Crippen molar-refractivity contribution in [3.8, 4) is 0 Å². The third-order valence-electron chi connectivity index (χ3n) is 6.90. The van der Waals surface area contributed by atoms with Crippen LogP contribution in [0.1, 0.15) is 39.0 Å². The van der Waals surface area contributed by atoms with Gasteiger partial charge in [-0.05, 0) is 39.3 Å². The number of aromatic nitrogens is 1. The van der Waals surface area contributed by atoms with Gasteiger partial charge in [-0.25, -0.2) is 4.79 Å². The summed E-state index contributed by atoms with van der Waals surface area (Å²) in [6.07, 6.45) is -6.83. The van der Waals surface area contributed by atoms with E-state index in [4.69, 9.17) is 9.47 Å². The highest BCUT2D eigenvalue weighted by Crippen LogP contribution is 2.31. The van der Waals surface area contributed by atoms with Gasteiger partial charge in [0, 0.05) is 23.0 Å². The smallest absolute Gasteiger partial charge is 0.408 e. The lowest BCUT2D eigenvalue weighted by atomic mass is 9.93. The Balaban J connectivity index is 1.60. The molecule has 13 heteroatoms. The zero-order valence-electron chi connectivity index (χ0n) is 22.2. The molecule has 13 nitrogen and oxygen atoms in total. The normalized spacial score (nSPS) is 27.9. The number of amides is 3. The Morgan fingerprint density at radius 3 is 2.54 bits per heavy atom. The zero-order chi connectivity index (χ0) is 28.6. The van der Waals surface area contributed by atoms with Gasteiger partial charge in [0.15, 0.2) is 6.29 Å². The van der Waals surface area contributed by atoms with E-state index in [1.54, 1.807) is 20.8 Å². The SMILES string of the molecule is CC(NC(=O)OC(C)(C)C)C(=O)N1Cc2[nH]c3ccccc3c2C[C@H]1C(=O)N[C@@H]1[C@@H](O)[C@H](O)[C@@H](CO)O[C@H]1O. The Kier molecular flexibility index (Phi) is 8.19. The fraction of sp³-hybridized carbons (Fsp3) is 0.577. The molecule has 214 valence electrons. The predicted molar refractivity (Wildman–Crippen MR) is 137 cm³/mol. The number of benzene rings is 1. The Morgan fingerprint density at radius 1 is 1.18 bits per heavy atom. The molecule has 1 saturated heterocycles. The summed E-state index contributed by atoms with van der Waals surface area (Å²) >= 11 is 0. The van der Waals surface area contributed by atoms with Crippen LogP contribution in [-0.4, -0.2) is 103 Å². The van der Waals surface area contributed by atoms with Gasteiger partial charge < -0.3 is 50.4 Å². The number of para-hydroxylation sites is 1. The number of aliphatic hydroxyl groups excluding tert-OH is 4. The number of nitrogens with one attached hydrogen (secondary N) is 3. The minimum absolute atomic E-state index is 0.0305. The second kappa shape index (κ2) is 11.1. The molecule has 4 rings (SSSR count). The van der Waals surface area contributed by atoms with E-state index < -0.39 is 72.8 Å². The second-order valence-corrected chi connectivity index (χ2v) is 10.9. The summed E-state index contributed by atoms with van der Waals surface area (Å²) in [4.78, 5) is 44.1. The molecule has 2 aliphatic rings. The lowest BCUT2D eigenvalue weighted by Gasteiger charge is -2.42. The number of carbonyl (C=O) groups excluding carboxylic acids is 3. The standard InChI is InChI=1S/C26H36N4O9/c1-12(27-25(37)39-26(2,3)4)23(35)30-10-16-14(13-7-5-6-8-15(13)28-16)9-17(30)22(34)29-19-21(33)20(32)18(11-31)38-24(19)36/h5-8,12,17-21,24,28,31-33,36H,9-11H2,1-4H3,(H,27,37)(H,29,34)/t12?,17-,18+,19+,20+,21+,24+/m0/s1. The number of aromatic amines is 1. The third-order valence-corrected chi connectivity index (χ3v) is 6.90. The van der Waals surface area contributed by atoms with Crippen molar-refractivity contribution >= 4 is 28.8 Å². The fourth-order valence-corrected chi connectivity index (χ4v) is 4.98. The van der Waals surface area contributed by atoms with E-state index in [9.17, 15) is 34.8 Å². The van der Waals surface area contributed by atoms with E-state index >= 15 is 0 Å². The molecule has 0 aliphatic carbocycles. The molecule has 2 aromatic rings. The van der Waals surface area contributed by atoms with Crippen LogP contribution in [0.2, 0.25) is 0 Å². The van der Waals surface area contributed by atoms with Crippen LogP contribution in [0.5, 0.6) is 0 Å². The molecule has 0 bridgehead atoms. The first kappa shape index (κ1) is 28.8. The number of carbonyl (C=O) groups is 3. The first-order valence-corrected chi connectivity index (χ1v) is 12.8. The zero-order valence-corrected chi connectivity index (χ0v) is 22.2. The molecule has 0 radical (unpaired) electrons. The van der Waals surface area contributed by atoms with Gasteiger partial charge in [-0.2, -0.15) is 0 Å². The van der Waals surface area contributed by atoms with Crippen molar-refractivity contribution in [2.24, 2.45) is 0 Å². The van der Waals surface area contributed by atoms with Crippen LogP contribution in [0.25, 0.3) is 10.9 Å². The average Bonchev–Trinajstić information content (AvgIpc) is 3.23. The highest BCUT2D eigenvalue weighted by Gasteiger charge is 2.46. The molecule has 2 aliphatic heterocycles. The maximum atomic E-state index is 13.6. The number of nitrogens with zero attached hydrogens (tertiary/aromatic N) is 1. The number of H-pyrrole nitrogens is 1. The fourth-order valence-electron chi connectivity index (χ4n) is 4.98. The maximum absolute atomic E-state index is 13.6. The summed E-state index contributed by atoms with van der Waals surface area (Å²) in [6, 6.07) is 3.96. The molecular weight excluding hydrogens is 512 g/mol. The van der Waals surface area contributed by atoms with Crippen molar-refractivity contribution in [3.63, 3.8) is 0 Å². The molecule has 39 heavy (non-hydrogen) atoms. The van der Waals surface area contributed by atoms with Crippen molar-refractivity contribution in [2.75, 3.05) is 6.61 Å². The van der Waals surface area contributed by atoms with Gasteiger partial charge in [0.05, 0.1) is 13.2 Å². The van der Waals surface area contributed by atoms with Gasteiger partial charge in [0.1, 0.15) is 42.0 Å². The van der Waals surface area contributed by atoms with Crippen LogP contribution in [0, 0.1) is 0 Å². The number of aliphatic hydroxyl groups is 4. The third kappa shape index (κ3) is 6.02. The van der Waals surface area contributed by atoms with Crippen LogP contribution < -0.4 is 10.6 Å². The first-order chi connectivity index (χ1) is 18.3. The predicted octanol–water partition coefficient (Wildman–Crippen LogP) is -0.749. The Morgan fingerprint density at radius 2 is 1.87 bits per heavy atom. The maximum Gasteiger partial charge on any atom is 0.408 e. The van der Waals surface area contributed by atoms with Gasteiger partial charge >= 0.3 is 6.09 Å².